The van der Waals surface area contributed by atoms with Crippen molar-refractivity contribution in [3.63, 3.8) is 0 Å². The second kappa shape index (κ2) is 10.2. The van der Waals surface area contributed by atoms with Gasteiger partial charge in [-0.05, 0) is 55.0 Å². The third-order valence-electron chi connectivity index (χ3n) is 6.65. The van der Waals surface area contributed by atoms with Crippen molar-refractivity contribution in [1.82, 2.24) is 14.5 Å². The normalized spacial score (nSPS) is 16.2. The molecule has 1 aliphatic rings. The largest absolute Gasteiger partial charge is 0.341 e. The van der Waals surface area contributed by atoms with Gasteiger partial charge in [-0.3, -0.25) is 9.59 Å². The highest BCUT2D eigenvalue weighted by Gasteiger charge is 2.36. The van der Waals surface area contributed by atoms with Gasteiger partial charge in [0.05, 0.1) is 11.0 Å². The van der Waals surface area contributed by atoms with Crippen molar-refractivity contribution >= 4 is 28.5 Å². The molecule has 1 unspecified atom stereocenters. The minimum absolute atomic E-state index is 0.0636. The van der Waals surface area contributed by atoms with Crippen molar-refractivity contribution in [2.24, 2.45) is 11.8 Å². The van der Waals surface area contributed by atoms with Crippen LogP contribution in [0.2, 0.25) is 0 Å². The van der Waals surface area contributed by atoms with Crippen LogP contribution < -0.4 is 4.90 Å². The van der Waals surface area contributed by atoms with E-state index in [4.69, 9.17) is 4.98 Å². The molecule has 2 amide bonds. The molecule has 0 saturated carbocycles. The number of hydrogen-bond donors (Lipinski definition) is 0. The Balaban J connectivity index is 1.67. The molecular formula is C29H38N4O2. The summed E-state index contributed by atoms with van der Waals surface area (Å²) in [5.41, 5.74) is 5.01. The minimum atomic E-state index is -0.0636. The van der Waals surface area contributed by atoms with Gasteiger partial charge in [-0.25, -0.2) is 4.98 Å². The molecule has 35 heavy (non-hydrogen) atoms. The zero-order chi connectivity index (χ0) is 25.3. The summed E-state index contributed by atoms with van der Waals surface area (Å²) >= 11 is 0. The zero-order valence-electron chi connectivity index (χ0n) is 21.9. The maximum Gasteiger partial charge on any atom is 0.242 e. The molecule has 186 valence electrons. The molecule has 4 rings (SSSR count). The molecule has 0 aliphatic carbocycles. The van der Waals surface area contributed by atoms with E-state index < -0.39 is 0 Å². The second-order valence-electron chi connectivity index (χ2n) is 10.8. The number of aryl methyl sites for hydroxylation is 2. The molecule has 1 saturated heterocycles. The molecule has 3 aromatic rings. The van der Waals surface area contributed by atoms with Gasteiger partial charge in [-0.15, -0.1) is 0 Å². The first-order valence-electron chi connectivity index (χ1n) is 12.7. The number of anilines is 1. The van der Waals surface area contributed by atoms with Crippen LogP contribution in [-0.4, -0.2) is 45.9 Å². The fourth-order valence-corrected chi connectivity index (χ4v) is 5.09. The van der Waals surface area contributed by atoms with Crippen LogP contribution in [0, 0.1) is 25.7 Å². The number of carbonyl (C=O) groups is 2. The van der Waals surface area contributed by atoms with Gasteiger partial charge in [-0.2, -0.15) is 0 Å². The second-order valence-corrected chi connectivity index (χ2v) is 10.8. The van der Waals surface area contributed by atoms with Crippen molar-refractivity contribution < 1.29 is 9.59 Å². The Morgan fingerprint density at radius 3 is 2.43 bits per heavy atom. The van der Waals surface area contributed by atoms with E-state index in [1.54, 1.807) is 0 Å². The molecule has 1 atom stereocenters. The average Bonchev–Trinajstić information content (AvgIpc) is 3.35. The minimum Gasteiger partial charge on any atom is -0.341 e. The van der Waals surface area contributed by atoms with E-state index in [9.17, 15) is 9.59 Å². The first-order chi connectivity index (χ1) is 16.6. The van der Waals surface area contributed by atoms with E-state index in [1.807, 2.05) is 47.9 Å². The Kier molecular flexibility index (Phi) is 7.29. The van der Waals surface area contributed by atoms with E-state index in [0.29, 0.717) is 24.8 Å². The lowest BCUT2D eigenvalue weighted by Gasteiger charge is -2.27. The van der Waals surface area contributed by atoms with Crippen LogP contribution in [-0.2, 0) is 16.1 Å². The van der Waals surface area contributed by atoms with E-state index in [-0.39, 0.29) is 24.3 Å². The van der Waals surface area contributed by atoms with Gasteiger partial charge in [0, 0.05) is 37.7 Å². The number of imidazole rings is 1. The van der Waals surface area contributed by atoms with Crippen LogP contribution in [0.3, 0.4) is 0 Å². The van der Waals surface area contributed by atoms with Crippen molar-refractivity contribution in [3.8, 4) is 0 Å². The molecule has 0 N–H and O–H groups in total. The van der Waals surface area contributed by atoms with Crippen molar-refractivity contribution in [1.29, 1.82) is 0 Å². The Labute approximate surface area is 208 Å². The first kappa shape index (κ1) is 25.0. The van der Waals surface area contributed by atoms with E-state index in [2.05, 4.69) is 50.5 Å². The van der Waals surface area contributed by atoms with Crippen molar-refractivity contribution in [2.75, 3.05) is 24.5 Å². The molecule has 0 spiro atoms. The third-order valence-corrected chi connectivity index (χ3v) is 6.65. The Morgan fingerprint density at radius 2 is 1.74 bits per heavy atom. The summed E-state index contributed by atoms with van der Waals surface area (Å²) in [5, 5.41) is 0. The van der Waals surface area contributed by atoms with Gasteiger partial charge in [0.2, 0.25) is 11.8 Å². The molecule has 0 bridgehead atoms. The molecule has 2 aromatic carbocycles. The summed E-state index contributed by atoms with van der Waals surface area (Å²) in [4.78, 5) is 35.5. The predicted octanol–water partition coefficient (Wildman–Crippen LogP) is 5.31. The number of aromatic nitrogens is 2. The number of fused-ring (bicyclic) bond motifs is 1. The molecule has 2 heterocycles. The lowest BCUT2D eigenvalue weighted by molar-refractivity contribution is -0.132. The van der Waals surface area contributed by atoms with Crippen LogP contribution in [0.25, 0.3) is 11.0 Å². The summed E-state index contributed by atoms with van der Waals surface area (Å²) in [5.74, 6) is 1.77. The molecular weight excluding hydrogens is 436 g/mol. The molecule has 0 radical (unpaired) electrons. The fraction of sp³-hybridized carbons (Fsp3) is 0.483. The Hall–Kier alpha value is -3.15. The highest BCUT2D eigenvalue weighted by Crippen LogP contribution is 2.35. The summed E-state index contributed by atoms with van der Waals surface area (Å²) in [6.45, 7) is 15.0. The average molecular weight is 475 g/mol. The van der Waals surface area contributed by atoms with Crippen molar-refractivity contribution in [2.45, 2.75) is 60.4 Å². The molecule has 6 heteroatoms. The van der Waals surface area contributed by atoms with E-state index >= 15 is 0 Å². The molecule has 1 aliphatic heterocycles. The maximum absolute atomic E-state index is 13.5. The fourth-order valence-electron chi connectivity index (χ4n) is 5.09. The summed E-state index contributed by atoms with van der Waals surface area (Å²) < 4.78 is 2.05. The summed E-state index contributed by atoms with van der Waals surface area (Å²) in [6.07, 6.45) is 0.395. The number of benzene rings is 2. The van der Waals surface area contributed by atoms with Crippen LogP contribution in [0.5, 0.6) is 0 Å². The van der Waals surface area contributed by atoms with Gasteiger partial charge in [0.1, 0.15) is 12.4 Å². The van der Waals surface area contributed by atoms with Gasteiger partial charge >= 0.3 is 0 Å². The topological polar surface area (TPSA) is 58.4 Å². The lowest BCUT2D eigenvalue weighted by Crippen LogP contribution is -2.39. The highest BCUT2D eigenvalue weighted by atomic mass is 16.2. The Morgan fingerprint density at radius 1 is 1.06 bits per heavy atom. The monoisotopic (exact) mass is 474 g/mol. The highest BCUT2D eigenvalue weighted by molar-refractivity contribution is 5.97. The van der Waals surface area contributed by atoms with E-state index in [0.717, 1.165) is 46.8 Å². The lowest BCUT2D eigenvalue weighted by atomic mass is 10.1. The number of nitrogens with zero attached hydrogens (tertiary/aromatic N) is 4. The van der Waals surface area contributed by atoms with Gasteiger partial charge in [-0.1, -0.05) is 52.0 Å². The number of carbonyl (C=O) groups excluding carboxylic acids is 2. The standard InChI is InChI=1S/C29H38N4O2/c1-19(2)15-31(16-20(3)4)28(35)18-33-25-10-8-7-9-24(25)30-29(33)23-14-27(34)32(17-23)26-13-21(5)11-12-22(26)6/h7-13,19-20,23H,14-18H2,1-6H3. The third kappa shape index (κ3) is 5.42. The van der Waals surface area contributed by atoms with Gasteiger partial charge < -0.3 is 14.4 Å². The quantitative estimate of drug-likeness (QED) is 0.444. The van der Waals surface area contributed by atoms with Crippen LogP contribution in [0.1, 0.15) is 57.0 Å². The molecule has 1 aromatic heterocycles. The van der Waals surface area contributed by atoms with Crippen LogP contribution in [0.15, 0.2) is 42.5 Å². The first-order valence-corrected chi connectivity index (χ1v) is 12.7. The van der Waals surface area contributed by atoms with Crippen LogP contribution >= 0.6 is 0 Å². The number of amides is 2. The van der Waals surface area contributed by atoms with E-state index in [1.165, 1.54) is 0 Å². The molecule has 1 fully saturated rings. The maximum atomic E-state index is 13.5. The van der Waals surface area contributed by atoms with Gasteiger partial charge in [0.15, 0.2) is 0 Å². The summed E-state index contributed by atoms with van der Waals surface area (Å²) in [6, 6.07) is 14.2. The predicted molar refractivity (Wildman–Crippen MR) is 142 cm³/mol. The summed E-state index contributed by atoms with van der Waals surface area (Å²) in [7, 11) is 0. The Bertz CT molecular complexity index is 1220. The smallest absolute Gasteiger partial charge is 0.242 e. The SMILES string of the molecule is Cc1ccc(C)c(N2CC(c3nc4ccccc4n3CC(=O)N(CC(C)C)CC(C)C)CC2=O)c1. The van der Waals surface area contributed by atoms with Crippen LogP contribution in [0.4, 0.5) is 5.69 Å². The number of rotatable bonds is 8. The molecule has 6 nitrogen and oxygen atoms in total. The zero-order valence-corrected chi connectivity index (χ0v) is 21.9. The number of para-hydroxylation sites is 2. The van der Waals surface area contributed by atoms with Gasteiger partial charge in [0.25, 0.3) is 0 Å². The number of hydrogen-bond acceptors (Lipinski definition) is 3. The van der Waals surface area contributed by atoms with Crippen molar-refractivity contribution in [3.05, 3.63) is 59.4 Å².